The first-order chi connectivity index (χ1) is 15.1. The van der Waals surface area contributed by atoms with Crippen molar-refractivity contribution in [2.75, 3.05) is 19.6 Å². The number of H-pyrrole nitrogens is 1. The van der Waals surface area contributed by atoms with Crippen molar-refractivity contribution >= 4 is 22.7 Å². The lowest BCUT2D eigenvalue weighted by molar-refractivity contribution is -0.136. The van der Waals surface area contributed by atoms with Crippen LogP contribution in [0.2, 0.25) is 0 Å². The minimum Gasteiger partial charge on any atom is -0.356 e. The van der Waals surface area contributed by atoms with E-state index in [2.05, 4.69) is 23.2 Å². The zero-order valence-corrected chi connectivity index (χ0v) is 17.9. The molecule has 0 radical (unpaired) electrons. The molecule has 2 aliphatic rings. The monoisotopic (exact) mass is 416 g/mol. The van der Waals surface area contributed by atoms with Crippen LogP contribution in [0.3, 0.4) is 0 Å². The number of hydrogen-bond acceptors (Lipinski definition) is 3. The van der Waals surface area contributed by atoms with Gasteiger partial charge in [-0.1, -0.05) is 24.3 Å². The molecule has 2 aliphatic heterocycles. The van der Waals surface area contributed by atoms with Crippen LogP contribution in [-0.4, -0.2) is 51.2 Å². The summed E-state index contributed by atoms with van der Waals surface area (Å²) in [4.78, 5) is 37.7. The van der Waals surface area contributed by atoms with Crippen molar-refractivity contribution in [2.24, 2.45) is 0 Å². The number of nitrogens with zero attached hydrogens (tertiary/aromatic N) is 3. The maximum Gasteiger partial charge on any atom is 0.225 e. The number of pyridine rings is 1. The van der Waals surface area contributed by atoms with E-state index in [0.717, 1.165) is 48.4 Å². The molecule has 2 amide bonds. The summed E-state index contributed by atoms with van der Waals surface area (Å²) in [5.41, 5.74) is 5.26. The van der Waals surface area contributed by atoms with E-state index in [4.69, 9.17) is 4.98 Å². The van der Waals surface area contributed by atoms with E-state index in [0.29, 0.717) is 25.9 Å². The number of aromatic amines is 1. The molecule has 1 atom stereocenters. The van der Waals surface area contributed by atoms with Gasteiger partial charge in [0.15, 0.2) is 0 Å². The van der Waals surface area contributed by atoms with Crippen LogP contribution in [0.4, 0.5) is 0 Å². The summed E-state index contributed by atoms with van der Waals surface area (Å²) in [6.07, 6.45) is 3.75. The molecule has 0 spiro atoms. The highest BCUT2D eigenvalue weighted by molar-refractivity contribution is 5.86. The topological polar surface area (TPSA) is 69.3 Å². The molecule has 0 saturated carbocycles. The molecule has 1 aromatic carbocycles. The Labute approximate surface area is 182 Å². The Balaban J connectivity index is 1.47. The lowest BCUT2D eigenvalue weighted by Gasteiger charge is -2.36. The predicted molar refractivity (Wildman–Crippen MR) is 120 cm³/mol. The fourth-order valence-electron chi connectivity index (χ4n) is 5.01. The first kappa shape index (κ1) is 19.8. The zero-order chi connectivity index (χ0) is 21.4. The third kappa shape index (κ3) is 3.71. The number of carbonyl (C=O) groups is 2. The number of rotatable bonds is 4. The smallest absolute Gasteiger partial charge is 0.225 e. The van der Waals surface area contributed by atoms with Crippen molar-refractivity contribution in [1.29, 1.82) is 0 Å². The molecule has 160 valence electrons. The lowest BCUT2D eigenvalue weighted by atomic mass is 9.94. The SMILES string of the molecule is Cc1cccc([C@H]2c3[nH]c4ccccc4c3CCN2C(=O)CCN2CCCCC2=O)n1. The molecule has 0 aliphatic carbocycles. The maximum absolute atomic E-state index is 13.4. The summed E-state index contributed by atoms with van der Waals surface area (Å²) in [6, 6.07) is 14.1. The quantitative estimate of drug-likeness (QED) is 0.704. The summed E-state index contributed by atoms with van der Waals surface area (Å²) < 4.78 is 0. The third-order valence-corrected chi connectivity index (χ3v) is 6.56. The van der Waals surface area contributed by atoms with Crippen molar-refractivity contribution in [3.05, 3.63) is 65.1 Å². The first-order valence-electron chi connectivity index (χ1n) is 11.2. The Morgan fingerprint density at radius 2 is 1.97 bits per heavy atom. The van der Waals surface area contributed by atoms with Crippen molar-refractivity contribution in [2.45, 2.75) is 45.1 Å². The molecule has 1 N–H and O–H groups in total. The second-order valence-electron chi connectivity index (χ2n) is 8.59. The number of hydrogen-bond donors (Lipinski definition) is 1. The molecule has 0 unspecified atom stereocenters. The molecule has 2 aromatic heterocycles. The minimum absolute atomic E-state index is 0.0796. The van der Waals surface area contributed by atoms with E-state index in [1.807, 2.05) is 41.0 Å². The fraction of sp³-hybridized carbons (Fsp3) is 0.400. The van der Waals surface area contributed by atoms with Gasteiger partial charge in [0.05, 0.1) is 5.69 Å². The van der Waals surface area contributed by atoms with Gasteiger partial charge in [0.1, 0.15) is 6.04 Å². The van der Waals surface area contributed by atoms with Gasteiger partial charge in [-0.2, -0.15) is 0 Å². The van der Waals surface area contributed by atoms with Gasteiger partial charge in [0.2, 0.25) is 11.8 Å². The Hall–Kier alpha value is -3.15. The number of benzene rings is 1. The van der Waals surface area contributed by atoms with Gasteiger partial charge >= 0.3 is 0 Å². The predicted octanol–water partition coefficient (Wildman–Crippen LogP) is 3.75. The molecule has 1 saturated heterocycles. The molecule has 1 fully saturated rings. The van der Waals surface area contributed by atoms with Gasteiger partial charge in [-0.25, -0.2) is 0 Å². The van der Waals surface area contributed by atoms with Crippen molar-refractivity contribution in [3.63, 3.8) is 0 Å². The summed E-state index contributed by atoms with van der Waals surface area (Å²) in [5, 5.41) is 1.22. The van der Waals surface area contributed by atoms with Crippen LogP contribution in [0.15, 0.2) is 42.5 Å². The lowest BCUT2D eigenvalue weighted by Crippen LogP contribution is -2.43. The molecular weight excluding hydrogens is 388 g/mol. The molecule has 6 nitrogen and oxygen atoms in total. The maximum atomic E-state index is 13.4. The second-order valence-corrected chi connectivity index (χ2v) is 8.59. The van der Waals surface area contributed by atoms with Gasteiger partial charge < -0.3 is 14.8 Å². The standard InChI is InChI=1S/C25H28N4O2/c1-17-7-6-10-21(26-17)25-24-19(18-8-2-3-9-20(18)27-24)12-16-29(25)23(31)13-15-28-14-5-4-11-22(28)30/h2-3,6-10,25,27H,4-5,11-16H2,1H3/t25-/m0/s1. The Kier molecular flexibility index (Phi) is 5.22. The number of nitrogens with one attached hydrogen (secondary N) is 1. The van der Waals surface area contributed by atoms with E-state index in [-0.39, 0.29) is 17.9 Å². The van der Waals surface area contributed by atoms with Gasteiger partial charge in [-0.3, -0.25) is 14.6 Å². The minimum atomic E-state index is -0.236. The summed E-state index contributed by atoms with van der Waals surface area (Å²) in [7, 11) is 0. The van der Waals surface area contributed by atoms with Crippen LogP contribution in [0.25, 0.3) is 10.9 Å². The summed E-state index contributed by atoms with van der Waals surface area (Å²) in [5.74, 6) is 0.253. The molecule has 0 bridgehead atoms. The highest BCUT2D eigenvalue weighted by atomic mass is 16.2. The highest BCUT2D eigenvalue weighted by Gasteiger charge is 2.35. The van der Waals surface area contributed by atoms with Crippen LogP contribution in [-0.2, 0) is 16.0 Å². The van der Waals surface area contributed by atoms with Gasteiger partial charge in [-0.15, -0.1) is 0 Å². The normalized spacial score (nSPS) is 19.0. The Bertz CT molecular complexity index is 1140. The Morgan fingerprint density at radius 3 is 2.81 bits per heavy atom. The van der Waals surface area contributed by atoms with Gasteiger partial charge in [0.25, 0.3) is 0 Å². The van der Waals surface area contributed by atoms with Crippen LogP contribution in [0.1, 0.15) is 54.4 Å². The number of likely N-dealkylation sites (tertiary alicyclic amines) is 1. The average Bonchev–Trinajstić information content (AvgIpc) is 3.16. The zero-order valence-electron chi connectivity index (χ0n) is 17.9. The van der Waals surface area contributed by atoms with E-state index >= 15 is 0 Å². The molecule has 6 heteroatoms. The molecule has 31 heavy (non-hydrogen) atoms. The number of para-hydroxylation sites is 1. The van der Waals surface area contributed by atoms with Crippen LogP contribution >= 0.6 is 0 Å². The third-order valence-electron chi connectivity index (χ3n) is 6.56. The Morgan fingerprint density at radius 1 is 1.10 bits per heavy atom. The highest BCUT2D eigenvalue weighted by Crippen LogP contribution is 2.38. The van der Waals surface area contributed by atoms with E-state index in [9.17, 15) is 9.59 Å². The van der Waals surface area contributed by atoms with Gasteiger partial charge in [-0.05, 0) is 49.9 Å². The fourth-order valence-corrected chi connectivity index (χ4v) is 5.01. The second kappa shape index (κ2) is 8.17. The molecule has 5 rings (SSSR count). The summed E-state index contributed by atoms with van der Waals surface area (Å²) >= 11 is 0. The number of aromatic nitrogens is 2. The number of amides is 2. The number of fused-ring (bicyclic) bond motifs is 3. The molecular formula is C25H28N4O2. The van der Waals surface area contributed by atoms with Crippen molar-refractivity contribution in [3.8, 4) is 0 Å². The number of piperidine rings is 1. The van der Waals surface area contributed by atoms with Crippen LogP contribution in [0.5, 0.6) is 0 Å². The first-order valence-corrected chi connectivity index (χ1v) is 11.2. The van der Waals surface area contributed by atoms with Crippen LogP contribution in [0, 0.1) is 6.92 Å². The van der Waals surface area contributed by atoms with Crippen molar-refractivity contribution in [1.82, 2.24) is 19.8 Å². The molecule has 4 heterocycles. The number of aryl methyl sites for hydroxylation is 1. The number of carbonyl (C=O) groups excluding carboxylic acids is 2. The van der Waals surface area contributed by atoms with E-state index < -0.39 is 0 Å². The van der Waals surface area contributed by atoms with Gasteiger partial charge in [0, 0.05) is 54.8 Å². The average molecular weight is 417 g/mol. The van der Waals surface area contributed by atoms with E-state index in [1.54, 1.807) is 0 Å². The largest absolute Gasteiger partial charge is 0.356 e. The van der Waals surface area contributed by atoms with Crippen LogP contribution < -0.4 is 0 Å². The van der Waals surface area contributed by atoms with Crippen molar-refractivity contribution < 1.29 is 9.59 Å². The van der Waals surface area contributed by atoms with E-state index in [1.165, 1.54) is 10.9 Å². The molecule has 3 aromatic rings. The summed E-state index contributed by atoms with van der Waals surface area (Å²) in [6.45, 7) is 3.90.